The van der Waals surface area contributed by atoms with E-state index < -0.39 is 12.1 Å². The molecular formula is C18H21IN4O3. The molecule has 0 aliphatic carbocycles. The van der Waals surface area contributed by atoms with E-state index >= 15 is 0 Å². The van der Waals surface area contributed by atoms with Crippen LogP contribution in [0.4, 0.5) is 4.79 Å². The van der Waals surface area contributed by atoms with Gasteiger partial charge in [-0.2, -0.15) is 0 Å². The first kappa shape index (κ1) is 17.6. The van der Waals surface area contributed by atoms with Gasteiger partial charge in [0.25, 0.3) is 0 Å². The molecule has 2 fully saturated rings. The number of hydrogen-bond acceptors (Lipinski definition) is 4. The molecule has 2 aliphatic rings. The van der Waals surface area contributed by atoms with Gasteiger partial charge in [0.15, 0.2) is 0 Å². The van der Waals surface area contributed by atoms with Crippen molar-refractivity contribution in [1.82, 2.24) is 20.2 Å². The second-order valence-corrected chi connectivity index (χ2v) is 8.35. The van der Waals surface area contributed by atoms with Gasteiger partial charge in [-0.15, -0.1) is 0 Å². The number of nitrogens with zero attached hydrogens (tertiary/aromatic N) is 2. The highest BCUT2D eigenvalue weighted by atomic mass is 127. The number of carbonyl (C=O) groups excluding carboxylic acids is 2. The number of methoxy groups -OCH3 is 1. The lowest BCUT2D eigenvalue weighted by Crippen LogP contribution is -2.58. The maximum atomic E-state index is 13.1. The van der Waals surface area contributed by atoms with E-state index in [-0.39, 0.29) is 23.9 Å². The van der Waals surface area contributed by atoms with Crippen LogP contribution in [0.2, 0.25) is 0 Å². The van der Waals surface area contributed by atoms with Crippen LogP contribution < -0.4 is 5.32 Å². The van der Waals surface area contributed by atoms with Crippen LogP contribution in [0, 0.1) is 9.49 Å². The van der Waals surface area contributed by atoms with Gasteiger partial charge in [0, 0.05) is 9.61 Å². The Morgan fingerprint density at radius 1 is 1.42 bits per heavy atom. The third kappa shape index (κ3) is 2.93. The molecule has 4 rings (SSSR count). The van der Waals surface area contributed by atoms with Crippen molar-refractivity contribution < 1.29 is 14.3 Å². The highest BCUT2D eigenvalue weighted by molar-refractivity contribution is 14.1. The van der Waals surface area contributed by atoms with Gasteiger partial charge in [-0.05, 0) is 66.0 Å². The number of benzene rings is 1. The Morgan fingerprint density at radius 3 is 3.00 bits per heavy atom. The van der Waals surface area contributed by atoms with Crippen molar-refractivity contribution >= 4 is 45.6 Å². The first-order valence-corrected chi connectivity index (χ1v) is 9.87. The van der Waals surface area contributed by atoms with Crippen LogP contribution in [-0.2, 0) is 9.53 Å². The van der Waals surface area contributed by atoms with Crippen molar-refractivity contribution in [2.45, 2.75) is 44.3 Å². The zero-order valence-electron chi connectivity index (χ0n) is 14.7. The highest BCUT2D eigenvalue weighted by Gasteiger charge is 2.48. The molecule has 138 valence electrons. The third-order valence-corrected chi connectivity index (χ3v) is 6.14. The van der Waals surface area contributed by atoms with E-state index in [0.717, 1.165) is 39.7 Å². The molecule has 0 bridgehead atoms. The molecular weight excluding hydrogens is 447 g/mol. The van der Waals surface area contributed by atoms with Gasteiger partial charge in [0.1, 0.15) is 11.9 Å². The summed E-state index contributed by atoms with van der Waals surface area (Å²) in [5.41, 5.74) is 1.89. The topological polar surface area (TPSA) is 87.3 Å². The van der Waals surface area contributed by atoms with Crippen molar-refractivity contribution in [2.75, 3.05) is 7.11 Å². The summed E-state index contributed by atoms with van der Waals surface area (Å²) in [6.45, 7) is 2.01. The number of nitrogens with one attached hydrogen (secondary N) is 2. The zero-order chi connectivity index (χ0) is 18.4. The van der Waals surface area contributed by atoms with E-state index in [2.05, 4.69) is 37.6 Å². The molecule has 4 atom stereocenters. The van der Waals surface area contributed by atoms with Gasteiger partial charge in [0.05, 0.1) is 24.2 Å². The Kier molecular flexibility index (Phi) is 4.54. The minimum atomic E-state index is -0.567. The summed E-state index contributed by atoms with van der Waals surface area (Å²) >= 11 is 2.27. The van der Waals surface area contributed by atoms with E-state index in [1.54, 1.807) is 0 Å². The molecule has 7 nitrogen and oxygen atoms in total. The molecule has 1 unspecified atom stereocenters. The summed E-state index contributed by atoms with van der Waals surface area (Å²) in [7, 11) is 1.31. The van der Waals surface area contributed by atoms with E-state index in [4.69, 9.17) is 4.98 Å². The molecule has 2 saturated heterocycles. The molecule has 0 radical (unpaired) electrons. The van der Waals surface area contributed by atoms with Crippen LogP contribution in [0.15, 0.2) is 18.2 Å². The fourth-order valence-corrected chi connectivity index (χ4v) is 4.71. The monoisotopic (exact) mass is 468 g/mol. The normalized spacial score (nSPS) is 28.3. The number of hydrogen-bond donors (Lipinski definition) is 2. The summed E-state index contributed by atoms with van der Waals surface area (Å²) in [6, 6.07) is 5.65. The molecule has 2 amide bonds. The number of aromatic nitrogens is 2. The number of amides is 2. The van der Waals surface area contributed by atoms with Gasteiger partial charge in [-0.1, -0.05) is 6.92 Å². The number of ether oxygens (including phenoxy) is 1. The molecule has 1 aromatic carbocycles. The Morgan fingerprint density at radius 2 is 2.23 bits per heavy atom. The number of halogens is 1. The zero-order valence-corrected chi connectivity index (χ0v) is 16.8. The van der Waals surface area contributed by atoms with Crippen LogP contribution in [-0.4, -0.2) is 46.1 Å². The van der Waals surface area contributed by atoms with Crippen molar-refractivity contribution in [1.29, 1.82) is 0 Å². The average Bonchev–Trinajstić information content (AvgIpc) is 3.21. The van der Waals surface area contributed by atoms with Crippen LogP contribution >= 0.6 is 22.6 Å². The van der Waals surface area contributed by atoms with E-state index in [1.165, 1.54) is 7.11 Å². The fourth-order valence-electron chi connectivity index (χ4n) is 4.23. The Bertz CT molecular complexity index is 867. The Labute approximate surface area is 165 Å². The number of carbonyl (C=O) groups is 2. The standard InChI is InChI=1S/C18H21IN4O3/c1-9-7-11-4-6-14(23(11)17(24)15(9)22-18(25)26-2)16-20-12-5-3-10(19)8-13(12)21-16/h3,5,8-9,11,14-15H,4,6-7H2,1-2H3,(H,20,21)(H,22,25)/t9?,11-,14+,15+/m1/s1. The van der Waals surface area contributed by atoms with Crippen molar-refractivity contribution in [3.05, 3.63) is 27.6 Å². The van der Waals surface area contributed by atoms with Crippen LogP contribution in [0.3, 0.4) is 0 Å². The first-order valence-electron chi connectivity index (χ1n) is 8.79. The Hall–Kier alpha value is -1.84. The van der Waals surface area contributed by atoms with Gasteiger partial charge in [-0.3, -0.25) is 4.79 Å². The lowest BCUT2D eigenvalue weighted by molar-refractivity contribution is -0.142. The minimum Gasteiger partial charge on any atom is -0.453 e. The summed E-state index contributed by atoms with van der Waals surface area (Å²) in [4.78, 5) is 34.8. The van der Waals surface area contributed by atoms with E-state index in [0.29, 0.717) is 0 Å². The maximum Gasteiger partial charge on any atom is 0.407 e. The fraction of sp³-hybridized carbons (Fsp3) is 0.500. The molecule has 8 heteroatoms. The Balaban J connectivity index is 1.64. The number of alkyl carbamates (subject to hydrolysis) is 1. The molecule has 0 spiro atoms. The van der Waals surface area contributed by atoms with Gasteiger partial charge in [-0.25, -0.2) is 9.78 Å². The summed E-state index contributed by atoms with van der Waals surface area (Å²) in [5.74, 6) is 0.861. The molecule has 3 heterocycles. The summed E-state index contributed by atoms with van der Waals surface area (Å²) in [6.07, 6.45) is 2.14. The molecule has 2 N–H and O–H groups in total. The number of piperidine rings is 1. The number of rotatable bonds is 2. The number of fused-ring (bicyclic) bond motifs is 2. The second kappa shape index (κ2) is 6.71. The third-order valence-electron chi connectivity index (χ3n) is 5.47. The quantitative estimate of drug-likeness (QED) is 0.664. The molecule has 0 saturated carbocycles. The predicted octanol–water partition coefficient (Wildman–Crippen LogP) is 2.96. The smallest absolute Gasteiger partial charge is 0.407 e. The minimum absolute atomic E-state index is 0.0447. The number of H-pyrrole nitrogens is 1. The van der Waals surface area contributed by atoms with Crippen LogP contribution in [0.1, 0.15) is 38.1 Å². The van der Waals surface area contributed by atoms with Gasteiger partial charge < -0.3 is 19.9 Å². The predicted molar refractivity (Wildman–Crippen MR) is 105 cm³/mol. The van der Waals surface area contributed by atoms with Crippen LogP contribution in [0.25, 0.3) is 11.0 Å². The maximum absolute atomic E-state index is 13.1. The molecule has 2 aromatic rings. The lowest BCUT2D eigenvalue weighted by atomic mass is 9.88. The molecule has 2 aliphatic heterocycles. The first-order chi connectivity index (χ1) is 12.5. The molecule has 26 heavy (non-hydrogen) atoms. The lowest BCUT2D eigenvalue weighted by Gasteiger charge is -2.41. The SMILES string of the molecule is COC(=O)N[C@@H]1C(=O)N2[C@H](CC[C@H]2c2nc3cc(I)ccc3[nH]2)CC1C. The van der Waals surface area contributed by atoms with E-state index in [9.17, 15) is 9.59 Å². The van der Waals surface area contributed by atoms with Crippen LogP contribution in [0.5, 0.6) is 0 Å². The molecule has 1 aromatic heterocycles. The van der Waals surface area contributed by atoms with E-state index in [1.807, 2.05) is 30.0 Å². The average molecular weight is 468 g/mol. The number of aromatic amines is 1. The van der Waals surface area contributed by atoms with Crippen molar-refractivity contribution in [3.8, 4) is 0 Å². The van der Waals surface area contributed by atoms with Gasteiger partial charge in [0.2, 0.25) is 5.91 Å². The summed E-state index contributed by atoms with van der Waals surface area (Å²) in [5, 5.41) is 2.70. The van der Waals surface area contributed by atoms with Crippen molar-refractivity contribution in [3.63, 3.8) is 0 Å². The van der Waals surface area contributed by atoms with Gasteiger partial charge >= 0.3 is 6.09 Å². The second-order valence-electron chi connectivity index (χ2n) is 7.10. The summed E-state index contributed by atoms with van der Waals surface area (Å²) < 4.78 is 5.81. The number of imidazole rings is 1. The highest BCUT2D eigenvalue weighted by Crippen LogP contribution is 2.42. The van der Waals surface area contributed by atoms with Crippen molar-refractivity contribution in [2.24, 2.45) is 5.92 Å². The largest absolute Gasteiger partial charge is 0.453 e.